The summed E-state index contributed by atoms with van der Waals surface area (Å²) in [6.07, 6.45) is 3.15. The van der Waals surface area contributed by atoms with Crippen molar-refractivity contribution in [3.63, 3.8) is 0 Å². The lowest BCUT2D eigenvalue weighted by molar-refractivity contribution is 0.454. The largest absolute Gasteiger partial charge is 0.440 e. The Kier molecular flexibility index (Phi) is 3.26. The number of hydrogen-bond donors (Lipinski definition) is 2. The summed E-state index contributed by atoms with van der Waals surface area (Å²) in [5, 5.41) is 8.08. The van der Waals surface area contributed by atoms with Crippen LogP contribution < -0.4 is 5.73 Å². The molecule has 82 valence electrons. The zero-order valence-electron chi connectivity index (χ0n) is 8.51. The molecule has 0 atom stereocenters. The number of thioether (sulfide) groups is 1. The molecule has 0 unspecified atom stereocenters. The molecular formula is C11H11N3OS. The molecule has 0 aliphatic heterocycles. The lowest BCUT2D eigenvalue weighted by atomic mass is 10.1. The van der Waals surface area contributed by atoms with Gasteiger partial charge in [0, 0.05) is 11.3 Å². The molecule has 0 fully saturated rings. The number of nitrogens with one attached hydrogen (secondary N) is 1. The summed E-state index contributed by atoms with van der Waals surface area (Å²) in [6, 6.07) is 7.59. The summed E-state index contributed by atoms with van der Waals surface area (Å²) in [6.45, 7) is 0. The summed E-state index contributed by atoms with van der Waals surface area (Å²) < 4.78 is 5.12. The number of aromatic nitrogens is 1. The van der Waals surface area contributed by atoms with Gasteiger partial charge in [0.25, 0.3) is 5.22 Å². The Morgan fingerprint density at radius 1 is 1.44 bits per heavy atom. The van der Waals surface area contributed by atoms with E-state index in [1.165, 1.54) is 11.8 Å². The van der Waals surface area contributed by atoms with E-state index >= 15 is 0 Å². The molecule has 5 heteroatoms. The van der Waals surface area contributed by atoms with Gasteiger partial charge in [0.2, 0.25) is 0 Å². The molecule has 0 aliphatic rings. The van der Waals surface area contributed by atoms with Crippen molar-refractivity contribution in [1.82, 2.24) is 4.98 Å². The van der Waals surface area contributed by atoms with Gasteiger partial charge in [0.1, 0.15) is 12.1 Å². The third kappa shape index (κ3) is 2.43. The summed E-state index contributed by atoms with van der Waals surface area (Å²) in [5.41, 5.74) is 7.28. The van der Waals surface area contributed by atoms with Crippen LogP contribution in [0.4, 0.5) is 0 Å². The first-order valence-corrected chi connectivity index (χ1v) is 5.70. The molecule has 0 spiro atoms. The summed E-state index contributed by atoms with van der Waals surface area (Å²) in [5.74, 6) is 0.777. The van der Waals surface area contributed by atoms with E-state index in [0.29, 0.717) is 11.0 Å². The average Bonchev–Trinajstić information content (AvgIpc) is 2.79. The molecule has 16 heavy (non-hydrogen) atoms. The number of benzene rings is 1. The fourth-order valence-corrected chi connectivity index (χ4v) is 2.12. The topological polar surface area (TPSA) is 75.9 Å². The standard InChI is InChI=1S/C11H11N3OS/c12-10(13)9-4-2-1-3-8(9)7-16-11-14-5-6-15-11/h1-6H,7H2,(H3,12,13). The number of nitrogen functional groups attached to an aromatic ring is 1. The maximum atomic E-state index is 7.46. The van der Waals surface area contributed by atoms with Gasteiger partial charge in [-0.25, -0.2) is 4.98 Å². The first-order valence-electron chi connectivity index (χ1n) is 4.72. The van der Waals surface area contributed by atoms with Crippen LogP contribution in [0.2, 0.25) is 0 Å². The smallest absolute Gasteiger partial charge is 0.255 e. The molecule has 4 nitrogen and oxygen atoms in total. The van der Waals surface area contributed by atoms with Crippen molar-refractivity contribution in [1.29, 1.82) is 5.41 Å². The molecule has 1 heterocycles. The summed E-state index contributed by atoms with van der Waals surface area (Å²) in [4.78, 5) is 4.02. The van der Waals surface area contributed by atoms with E-state index in [-0.39, 0.29) is 5.84 Å². The monoisotopic (exact) mass is 233 g/mol. The van der Waals surface area contributed by atoms with Gasteiger partial charge in [-0.15, -0.1) is 0 Å². The molecule has 0 aliphatic carbocycles. The van der Waals surface area contributed by atoms with Crippen LogP contribution in [0.5, 0.6) is 0 Å². The molecule has 2 rings (SSSR count). The zero-order valence-corrected chi connectivity index (χ0v) is 9.33. The maximum absolute atomic E-state index is 7.46. The Labute approximate surface area is 97.4 Å². The Balaban J connectivity index is 2.12. The van der Waals surface area contributed by atoms with Gasteiger partial charge in [-0.2, -0.15) is 0 Å². The van der Waals surface area contributed by atoms with Crippen molar-refractivity contribution in [2.45, 2.75) is 11.0 Å². The van der Waals surface area contributed by atoms with Crippen LogP contribution in [0, 0.1) is 5.41 Å². The molecule has 3 N–H and O–H groups in total. The van der Waals surface area contributed by atoms with Crippen molar-refractivity contribution in [3.05, 3.63) is 47.9 Å². The molecular weight excluding hydrogens is 222 g/mol. The number of oxazole rings is 1. The molecule has 0 bridgehead atoms. The predicted molar refractivity (Wildman–Crippen MR) is 63.5 cm³/mol. The van der Waals surface area contributed by atoms with Gasteiger partial charge in [-0.05, 0) is 5.56 Å². The van der Waals surface area contributed by atoms with Crippen molar-refractivity contribution in [2.75, 3.05) is 0 Å². The first kappa shape index (κ1) is 10.8. The molecule has 2 aromatic rings. The zero-order chi connectivity index (χ0) is 11.4. The lowest BCUT2D eigenvalue weighted by Gasteiger charge is -2.05. The van der Waals surface area contributed by atoms with E-state index < -0.39 is 0 Å². The van der Waals surface area contributed by atoms with Crippen LogP contribution in [0.3, 0.4) is 0 Å². The van der Waals surface area contributed by atoms with E-state index in [0.717, 1.165) is 11.1 Å². The SMILES string of the molecule is N=C(N)c1ccccc1CSc1ncco1. The second-order valence-corrected chi connectivity index (χ2v) is 4.08. The Morgan fingerprint density at radius 3 is 2.94 bits per heavy atom. The minimum absolute atomic E-state index is 0.0867. The highest BCUT2D eigenvalue weighted by atomic mass is 32.2. The normalized spacial score (nSPS) is 10.2. The Hall–Kier alpha value is -1.75. The fourth-order valence-electron chi connectivity index (χ4n) is 1.33. The average molecular weight is 233 g/mol. The fraction of sp³-hybridized carbons (Fsp3) is 0.0909. The van der Waals surface area contributed by atoms with Gasteiger partial charge < -0.3 is 10.2 Å². The van der Waals surface area contributed by atoms with E-state index in [9.17, 15) is 0 Å². The molecule has 0 saturated carbocycles. The first-order chi connectivity index (χ1) is 7.77. The molecule has 0 amide bonds. The van der Waals surface area contributed by atoms with E-state index in [1.54, 1.807) is 12.5 Å². The van der Waals surface area contributed by atoms with E-state index in [2.05, 4.69) is 4.98 Å². The minimum atomic E-state index is 0.0867. The van der Waals surface area contributed by atoms with Crippen LogP contribution in [-0.4, -0.2) is 10.8 Å². The number of nitrogens with zero attached hydrogens (tertiary/aromatic N) is 1. The number of amidine groups is 1. The van der Waals surface area contributed by atoms with Crippen molar-refractivity contribution < 1.29 is 4.42 Å². The summed E-state index contributed by atoms with van der Waals surface area (Å²) in [7, 11) is 0. The second-order valence-electron chi connectivity index (χ2n) is 3.16. The third-order valence-corrected chi connectivity index (χ3v) is 2.97. The quantitative estimate of drug-likeness (QED) is 0.482. The van der Waals surface area contributed by atoms with Gasteiger partial charge in [-0.1, -0.05) is 36.0 Å². The van der Waals surface area contributed by atoms with Gasteiger partial charge >= 0.3 is 0 Å². The maximum Gasteiger partial charge on any atom is 0.255 e. The molecule has 1 aromatic heterocycles. The van der Waals surface area contributed by atoms with Gasteiger partial charge in [0.05, 0.1) is 6.20 Å². The van der Waals surface area contributed by atoms with E-state index in [4.69, 9.17) is 15.6 Å². The molecule has 1 aromatic carbocycles. The number of nitrogens with two attached hydrogens (primary N) is 1. The Morgan fingerprint density at radius 2 is 2.25 bits per heavy atom. The number of hydrogen-bond acceptors (Lipinski definition) is 4. The lowest BCUT2D eigenvalue weighted by Crippen LogP contribution is -2.13. The second kappa shape index (κ2) is 4.85. The Bertz CT molecular complexity index is 482. The van der Waals surface area contributed by atoms with Crippen molar-refractivity contribution in [3.8, 4) is 0 Å². The van der Waals surface area contributed by atoms with Crippen molar-refractivity contribution in [2.24, 2.45) is 5.73 Å². The van der Waals surface area contributed by atoms with Crippen LogP contribution in [0.15, 0.2) is 46.4 Å². The van der Waals surface area contributed by atoms with Crippen LogP contribution >= 0.6 is 11.8 Å². The molecule has 0 saturated heterocycles. The van der Waals surface area contributed by atoms with Gasteiger partial charge in [-0.3, -0.25) is 5.41 Å². The molecule has 0 radical (unpaired) electrons. The van der Waals surface area contributed by atoms with Crippen molar-refractivity contribution >= 4 is 17.6 Å². The van der Waals surface area contributed by atoms with Crippen LogP contribution in [0.1, 0.15) is 11.1 Å². The van der Waals surface area contributed by atoms with Crippen LogP contribution in [-0.2, 0) is 5.75 Å². The minimum Gasteiger partial charge on any atom is -0.440 e. The predicted octanol–water partition coefficient (Wildman–Crippen LogP) is 2.25. The highest BCUT2D eigenvalue weighted by Crippen LogP contribution is 2.22. The highest BCUT2D eigenvalue weighted by Gasteiger charge is 2.06. The summed E-state index contributed by atoms with van der Waals surface area (Å²) >= 11 is 1.48. The highest BCUT2D eigenvalue weighted by molar-refractivity contribution is 7.98. The van der Waals surface area contributed by atoms with Gasteiger partial charge in [0.15, 0.2) is 0 Å². The third-order valence-electron chi connectivity index (χ3n) is 2.07. The van der Waals surface area contributed by atoms with Crippen LogP contribution in [0.25, 0.3) is 0 Å². The van der Waals surface area contributed by atoms with E-state index in [1.807, 2.05) is 24.3 Å². The number of rotatable bonds is 4.